The van der Waals surface area contributed by atoms with E-state index in [2.05, 4.69) is 15.0 Å². The lowest BCUT2D eigenvalue weighted by molar-refractivity contribution is 0.0997. The zero-order chi connectivity index (χ0) is 21.3. The molecule has 4 rings (SSSR count). The first-order chi connectivity index (χ1) is 14.5. The number of hydrogen-bond acceptors (Lipinski definition) is 6. The molecule has 0 radical (unpaired) electrons. The summed E-state index contributed by atoms with van der Waals surface area (Å²) in [6.07, 6.45) is 0. The highest BCUT2D eigenvalue weighted by Crippen LogP contribution is 2.30. The molecule has 2 aromatic carbocycles. The van der Waals surface area contributed by atoms with Crippen molar-refractivity contribution in [2.45, 2.75) is 6.92 Å². The van der Waals surface area contributed by atoms with Gasteiger partial charge in [0, 0.05) is 0 Å². The Morgan fingerprint density at radius 1 is 1.10 bits per heavy atom. The molecule has 9 heteroatoms. The number of nitrogens with zero attached hydrogens (tertiary/aromatic N) is 3. The first kappa shape index (κ1) is 19.2. The number of carbonyl (C=O) groups is 1. The van der Waals surface area contributed by atoms with Crippen LogP contribution >= 0.6 is 0 Å². The number of hydrogen-bond donors (Lipinski definition) is 2. The number of ether oxygens (including phenoxy) is 2. The molecule has 2 heterocycles. The third-order valence-electron chi connectivity index (χ3n) is 4.52. The van der Waals surface area contributed by atoms with Gasteiger partial charge in [-0.2, -0.15) is 0 Å². The predicted octanol–water partition coefficient (Wildman–Crippen LogP) is 2.28. The van der Waals surface area contributed by atoms with E-state index in [0.29, 0.717) is 29.4 Å². The van der Waals surface area contributed by atoms with Crippen molar-refractivity contribution in [3.63, 3.8) is 0 Å². The van der Waals surface area contributed by atoms with Crippen molar-refractivity contribution in [3.8, 4) is 28.6 Å². The summed E-state index contributed by atoms with van der Waals surface area (Å²) < 4.78 is 12.4. The fourth-order valence-corrected chi connectivity index (χ4v) is 3.26. The van der Waals surface area contributed by atoms with Crippen molar-refractivity contribution in [1.82, 2.24) is 19.5 Å². The number of aromatic amines is 1. The summed E-state index contributed by atoms with van der Waals surface area (Å²) in [7, 11) is 1.52. The van der Waals surface area contributed by atoms with Crippen molar-refractivity contribution in [3.05, 3.63) is 64.7 Å². The first-order valence-corrected chi connectivity index (χ1v) is 9.23. The van der Waals surface area contributed by atoms with E-state index in [1.807, 2.05) is 6.92 Å². The molecule has 0 aliphatic carbocycles. The second kappa shape index (κ2) is 7.70. The Hall–Kier alpha value is -4.14. The minimum absolute atomic E-state index is 0.0920. The molecule has 0 bridgehead atoms. The van der Waals surface area contributed by atoms with E-state index in [1.54, 1.807) is 48.5 Å². The van der Waals surface area contributed by atoms with E-state index < -0.39 is 11.6 Å². The van der Waals surface area contributed by atoms with Crippen LogP contribution in [-0.2, 0) is 0 Å². The fraction of sp³-hybridized carbons (Fsp3) is 0.143. The Balaban J connectivity index is 2.07. The van der Waals surface area contributed by atoms with Crippen LogP contribution in [0.15, 0.2) is 53.3 Å². The molecule has 9 nitrogen and oxygen atoms in total. The number of nitrogens with one attached hydrogen (secondary N) is 1. The summed E-state index contributed by atoms with van der Waals surface area (Å²) in [5.41, 5.74) is 6.37. The third-order valence-corrected chi connectivity index (χ3v) is 4.52. The van der Waals surface area contributed by atoms with Crippen molar-refractivity contribution in [2.75, 3.05) is 13.7 Å². The number of H-pyrrole nitrogens is 1. The molecule has 1 amide bonds. The van der Waals surface area contributed by atoms with E-state index in [0.717, 1.165) is 0 Å². The number of carbonyl (C=O) groups excluding carboxylic acids is 1. The quantitative estimate of drug-likeness (QED) is 0.507. The maximum atomic E-state index is 12.8. The molecule has 30 heavy (non-hydrogen) atoms. The number of methoxy groups -OCH3 is 1. The lowest BCUT2D eigenvalue weighted by Gasteiger charge is -2.12. The molecular formula is C21H19N5O4. The lowest BCUT2D eigenvalue weighted by Crippen LogP contribution is -2.16. The Kier molecular flexibility index (Phi) is 4.93. The number of nitrogens with two attached hydrogens (primary N) is 1. The smallest absolute Gasteiger partial charge is 0.332 e. The number of rotatable bonds is 6. The predicted molar refractivity (Wildman–Crippen MR) is 111 cm³/mol. The minimum Gasteiger partial charge on any atom is -0.496 e. The standard InChI is InChI=1S/C21H19N5O4/c1-3-30-15-11-7-5-9-13(15)26-20-17(24-21(26)28)16(18(22)27)23-19(25-20)12-8-4-6-10-14(12)29-2/h4-11H,3H2,1-2H3,(H2,22,27)(H,24,28). The highest BCUT2D eigenvalue weighted by molar-refractivity contribution is 6.02. The molecule has 0 saturated carbocycles. The van der Waals surface area contributed by atoms with Crippen molar-refractivity contribution in [2.24, 2.45) is 5.73 Å². The SMILES string of the molecule is CCOc1ccccc1-n1c(=O)[nH]c2c(C(N)=O)nc(-c3ccccc3OC)nc21. The number of para-hydroxylation sites is 3. The van der Waals surface area contributed by atoms with Gasteiger partial charge in [0.1, 0.15) is 17.0 Å². The summed E-state index contributed by atoms with van der Waals surface area (Å²) in [4.78, 5) is 36.5. The van der Waals surface area contributed by atoms with Crippen LogP contribution in [-0.4, -0.2) is 39.1 Å². The molecule has 4 aromatic rings. The van der Waals surface area contributed by atoms with Gasteiger partial charge in [0.05, 0.1) is 25.0 Å². The molecule has 152 valence electrons. The van der Waals surface area contributed by atoms with Gasteiger partial charge in [-0.15, -0.1) is 0 Å². The summed E-state index contributed by atoms with van der Waals surface area (Å²) in [6, 6.07) is 14.2. The van der Waals surface area contributed by atoms with Gasteiger partial charge in [0.2, 0.25) is 0 Å². The van der Waals surface area contributed by atoms with Crippen molar-refractivity contribution < 1.29 is 14.3 Å². The molecule has 0 fully saturated rings. The van der Waals surface area contributed by atoms with E-state index in [1.165, 1.54) is 11.7 Å². The third kappa shape index (κ3) is 3.16. The summed E-state index contributed by atoms with van der Waals surface area (Å²) in [6.45, 7) is 2.27. The van der Waals surface area contributed by atoms with Crippen LogP contribution in [0.25, 0.3) is 28.2 Å². The summed E-state index contributed by atoms with van der Waals surface area (Å²) in [5, 5.41) is 0. The van der Waals surface area contributed by atoms with E-state index in [-0.39, 0.29) is 22.7 Å². The van der Waals surface area contributed by atoms with Gasteiger partial charge in [0.15, 0.2) is 17.2 Å². The van der Waals surface area contributed by atoms with Gasteiger partial charge in [-0.1, -0.05) is 24.3 Å². The highest BCUT2D eigenvalue weighted by Gasteiger charge is 2.22. The molecule has 2 aromatic heterocycles. The van der Waals surface area contributed by atoms with Crippen LogP contribution in [0.3, 0.4) is 0 Å². The van der Waals surface area contributed by atoms with Crippen LogP contribution in [0.5, 0.6) is 11.5 Å². The molecule has 0 aliphatic rings. The zero-order valence-electron chi connectivity index (χ0n) is 16.4. The normalized spacial score (nSPS) is 10.9. The topological polar surface area (TPSA) is 125 Å². The molecule has 0 aliphatic heterocycles. The van der Waals surface area contributed by atoms with Crippen LogP contribution in [0.2, 0.25) is 0 Å². The van der Waals surface area contributed by atoms with Crippen LogP contribution in [0, 0.1) is 0 Å². The highest BCUT2D eigenvalue weighted by atomic mass is 16.5. The van der Waals surface area contributed by atoms with Gasteiger partial charge < -0.3 is 20.2 Å². The van der Waals surface area contributed by atoms with Gasteiger partial charge in [-0.25, -0.2) is 19.3 Å². The van der Waals surface area contributed by atoms with Gasteiger partial charge in [0.25, 0.3) is 5.91 Å². The van der Waals surface area contributed by atoms with Crippen LogP contribution in [0.1, 0.15) is 17.4 Å². The van der Waals surface area contributed by atoms with Gasteiger partial charge in [-0.3, -0.25) is 4.79 Å². The molecule has 0 saturated heterocycles. The minimum atomic E-state index is -0.787. The number of imidazole rings is 1. The second-order valence-corrected chi connectivity index (χ2v) is 6.33. The number of fused-ring (bicyclic) bond motifs is 1. The summed E-state index contributed by atoms with van der Waals surface area (Å²) in [5.74, 6) is 0.438. The van der Waals surface area contributed by atoms with Gasteiger partial charge >= 0.3 is 5.69 Å². The largest absolute Gasteiger partial charge is 0.496 e. The number of benzene rings is 2. The monoisotopic (exact) mass is 405 g/mol. The molecule has 3 N–H and O–H groups in total. The average molecular weight is 405 g/mol. The second-order valence-electron chi connectivity index (χ2n) is 6.33. The summed E-state index contributed by atoms with van der Waals surface area (Å²) >= 11 is 0. The Morgan fingerprint density at radius 2 is 1.80 bits per heavy atom. The average Bonchev–Trinajstić information content (AvgIpc) is 3.09. The lowest BCUT2D eigenvalue weighted by atomic mass is 10.2. The van der Waals surface area contributed by atoms with E-state index in [9.17, 15) is 9.59 Å². The Morgan fingerprint density at radius 3 is 2.50 bits per heavy atom. The number of primary amides is 1. The maximum Gasteiger partial charge on any atom is 0.332 e. The van der Waals surface area contributed by atoms with Gasteiger partial charge in [-0.05, 0) is 31.2 Å². The molecule has 0 unspecified atom stereocenters. The van der Waals surface area contributed by atoms with Crippen molar-refractivity contribution >= 4 is 17.1 Å². The molecular weight excluding hydrogens is 386 g/mol. The number of amides is 1. The van der Waals surface area contributed by atoms with Crippen LogP contribution in [0.4, 0.5) is 0 Å². The number of aromatic nitrogens is 4. The van der Waals surface area contributed by atoms with E-state index >= 15 is 0 Å². The zero-order valence-corrected chi connectivity index (χ0v) is 16.4. The van der Waals surface area contributed by atoms with Crippen LogP contribution < -0.4 is 20.9 Å². The first-order valence-electron chi connectivity index (χ1n) is 9.23. The molecule has 0 atom stereocenters. The maximum absolute atomic E-state index is 12.8. The van der Waals surface area contributed by atoms with E-state index in [4.69, 9.17) is 15.2 Å². The van der Waals surface area contributed by atoms with Crippen molar-refractivity contribution in [1.29, 1.82) is 0 Å². The Bertz CT molecular complexity index is 1310. The Labute approximate surface area is 171 Å². The fourth-order valence-electron chi connectivity index (χ4n) is 3.26. The molecule has 0 spiro atoms.